The van der Waals surface area contributed by atoms with Gasteiger partial charge in [0.25, 0.3) is 0 Å². The Morgan fingerprint density at radius 1 is 0.127 bits per heavy atom. The molecule has 19 aromatic rings. The summed E-state index contributed by atoms with van der Waals surface area (Å²) in [5.41, 5.74) is 18.7. The highest BCUT2D eigenvalue weighted by atomic mass is 14.2. The van der Waals surface area contributed by atoms with E-state index in [0.29, 0.717) is 0 Å². The van der Waals surface area contributed by atoms with Crippen LogP contribution in [0.25, 0.3) is 140 Å². The van der Waals surface area contributed by atoms with E-state index in [1.807, 2.05) is 0 Å². The molecule has 0 amide bonds. The number of aryl methyl sites for hydroxylation is 12. The van der Waals surface area contributed by atoms with Gasteiger partial charge in [-0.15, -0.1) is 0 Å². The predicted molar refractivity (Wildman–Crippen MR) is 451 cm³/mol. The van der Waals surface area contributed by atoms with Crippen LogP contribution >= 0.6 is 0 Å². The van der Waals surface area contributed by atoms with Crippen molar-refractivity contribution in [3.63, 3.8) is 0 Å². The second-order valence-corrected chi connectivity index (χ2v) is 28.3. The lowest BCUT2D eigenvalue weighted by atomic mass is 9.91. The number of hydrogen-bond donors (Lipinski definition) is 0. The molecule has 0 saturated carbocycles. The van der Waals surface area contributed by atoms with E-state index in [1.54, 1.807) is 0 Å². The van der Waals surface area contributed by atoms with E-state index in [0.717, 1.165) is 0 Å². The number of rotatable bonds is 1. The Morgan fingerprint density at radius 2 is 0.392 bits per heavy atom. The average molecular weight is 1310 g/mol. The molecule has 0 N–H and O–H groups in total. The normalized spacial score (nSPS) is 11.1. The molecule has 0 fully saturated rings. The molecular weight excluding hydrogens is 1230 g/mol. The zero-order valence-electron chi connectivity index (χ0n) is 61.0. The van der Waals surface area contributed by atoms with Gasteiger partial charge in [0.15, 0.2) is 0 Å². The summed E-state index contributed by atoms with van der Waals surface area (Å²) in [6.07, 6.45) is 0. The van der Waals surface area contributed by atoms with Crippen LogP contribution in [0.4, 0.5) is 0 Å². The summed E-state index contributed by atoms with van der Waals surface area (Å²) < 4.78 is 0. The SMILES string of the molecule is Cc1c2ccccc2c(C)c2ccccc12.Cc1ccc(-c2ccc(C)c3ccccc23)c2ccccc12.Cc1ccc(C)c2cc3ccccc3cc12.Cc1ccc2c(c1)cc(C)c1ccccc12.Cc1ccc2c(ccc3cc(C)ccc32)c1.Cc1ccc2cc3cc(C)ccc3cc2c1. The fourth-order valence-electron chi connectivity index (χ4n) is 15.2. The van der Waals surface area contributed by atoms with Crippen LogP contribution in [0.5, 0.6) is 0 Å². The van der Waals surface area contributed by atoms with Gasteiger partial charge in [0.05, 0.1) is 0 Å². The molecule has 0 radical (unpaired) electrons. The summed E-state index contributed by atoms with van der Waals surface area (Å²) in [5, 5.41) is 32.3. The predicted octanol–water partition coefficient (Wildman–Crippen LogP) is 29.3. The maximum absolute atomic E-state index is 2.30. The largest absolute Gasteiger partial charge is 0.0616 e. The van der Waals surface area contributed by atoms with Crippen molar-refractivity contribution in [1.29, 1.82) is 0 Å². The molecule has 0 aliphatic carbocycles. The first-order valence-corrected chi connectivity index (χ1v) is 35.9. The minimum Gasteiger partial charge on any atom is -0.0616 e. The molecule has 19 rings (SSSR count). The van der Waals surface area contributed by atoms with Gasteiger partial charge in [-0.2, -0.15) is 0 Å². The molecule has 0 spiro atoms. The molecule has 0 nitrogen and oxygen atoms in total. The van der Waals surface area contributed by atoms with E-state index in [1.165, 1.54) is 207 Å². The van der Waals surface area contributed by atoms with E-state index in [-0.39, 0.29) is 0 Å². The maximum Gasteiger partial charge on any atom is -0.00990 e. The first-order chi connectivity index (χ1) is 49.5. The van der Waals surface area contributed by atoms with Gasteiger partial charge < -0.3 is 0 Å². The van der Waals surface area contributed by atoms with Crippen molar-refractivity contribution >= 4 is 129 Å². The van der Waals surface area contributed by atoms with Gasteiger partial charge in [0.1, 0.15) is 0 Å². The van der Waals surface area contributed by atoms with E-state index in [4.69, 9.17) is 0 Å². The third-order valence-corrected chi connectivity index (χ3v) is 20.8. The second-order valence-electron chi connectivity index (χ2n) is 28.3. The van der Waals surface area contributed by atoms with Crippen molar-refractivity contribution in [3.8, 4) is 11.1 Å². The maximum atomic E-state index is 2.30. The van der Waals surface area contributed by atoms with Crippen LogP contribution in [-0.4, -0.2) is 0 Å². The third kappa shape index (κ3) is 14.0. The molecule has 0 saturated heterocycles. The van der Waals surface area contributed by atoms with E-state index < -0.39 is 0 Å². The van der Waals surface area contributed by atoms with E-state index in [2.05, 4.69) is 399 Å². The minimum absolute atomic E-state index is 1.32. The van der Waals surface area contributed by atoms with Crippen LogP contribution < -0.4 is 0 Å². The van der Waals surface area contributed by atoms with Gasteiger partial charge in [-0.3, -0.25) is 0 Å². The molecule has 0 heteroatoms. The lowest BCUT2D eigenvalue weighted by Gasteiger charge is -2.13. The van der Waals surface area contributed by atoms with Crippen molar-refractivity contribution in [2.75, 3.05) is 0 Å². The van der Waals surface area contributed by atoms with Gasteiger partial charge in [-0.1, -0.05) is 319 Å². The van der Waals surface area contributed by atoms with Crippen LogP contribution in [0.2, 0.25) is 0 Å². The van der Waals surface area contributed by atoms with Crippen molar-refractivity contribution < 1.29 is 0 Å². The lowest BCUT2D eigenvalue weighted by molar-refractivity contribution is 1.47. The summed E-state index contributed by atoms with van der Waals surface area (Å²) in [7, 11) is 0. The van der Waals surface area contributed by atoms with Crippen LogP contribution in [0.1, 0.15) is 66.8 Å². The molecule has 0 atom stereocenters. The van der Waals surface area contributed by atoms with Gasteiger partial charge in [-0.05, 0) is 287 Å². The summed E-state index contributed by atoms with van der Waals surface area (Å²) in [6, 6.07) is 114. The van der Waals surface area contributed by atoms with E-state index in [9.17, 15) is 0 Å². The molecule has 0 aromatic heterocycles. The number of benzene rings is 19. The molecule has 496 valence electrons. The van der Waals surface area contributed by atoms with Crippen molar-refractivity contribution in [2.45, 2.75) is 83.1 Å². The Bertz CT molecular complexity index is 5990. The van der Waals surface area contributed by atoms with Crippen molar-refractivity contribution in [3.05, 3.63) is 382 Å². The number of hydrogen-bond acceptors (Lipinski definition) is 0. The second kappa shape index (κ2) is 29.2. The molecule has 102 heavy (non-hydrogen) atoms. The van der Waals surface area contributed by atoms with Crippen LogP contribution in [0.15, 0.2) is 315 Å². The average Bonchev–Trinajstić information content (AvgIpc) is 0.760. The molecule has 0 aliphatic rings. The minimum atomic E-state index is 1.32. The molecule has 0 bridgehead atoms. The van der Waals surface area contributed by atoms with Crippen LogP contribution in [0, 0.1) is 83.1 Å². The fourth-order valence-corrected chi connectivity index (χ4v) is 15.2. The Balaban J connectivity index is 0.000000104. The topological polar surface area (TPSA) is 0 Å². The smallest absolute Gasteiger partial charge is 0.00990 e. The highest BCUT2D eigenvalue weighted by Gasteiger charge is 2.12. The van der Waals surface area contributed by atoms with Gasteiger partial charge in [0.2, 0.25) is 0 Å². The first kappa shape index (κ1) is 67.5. The van der Waals surface area contributed by atoms with Crippen LogP contribution in [0.3, 0.4) is 0 Å². The van der Waals surface area contributed by atoms with Gasteiger partial charge in [0, 0.05) is 0 Å². The Hall–Kier alpha value is -11.7. The quantitative estimate of drug-likeness (QED) is 0.114. The highest BCUT2D eigenvalue weighted by molar-refractivity contribution is 6.11. The third-order valence-electron chi connectivity index (χ3n) is 20.8. The number of fused-ring (bicyclic) bond motifs is 14. The zero-order valence-corrected chi connectivity index (χ0v) is 61.0. The Labute approximate surface area is 601 Å². The summed E-state index contributed by atoms with van der Waals surface area (Å²) in [4.78, 5) is 0. The Kier molecular flexibility index (Phi) is 19.3. The zero-order chi connectivity index (χ0) is 70.7. The summed E-state index contributed by atoms with van der Waals surface area (Å²) in [5.74, 6) is 0. The summed E-state index contributed by atoms with van der Waals surface area (Å²) in [6.45, 7) is 26.0. The van der Waals surface area contributed by atoms with Crippen molar-refractivity contribution in [1.82, 2.24) is 0 Å². The molecule has 0 heterocycles. The van der Waals surface area contributed by atoms with E-state index >= 15 is 0 Å². The highest BCUT2D eigenvalue weighted by Crippen LogP contribution is 2.38. The monoisotopic (exact) mass is 1310 g/mol. The molecular formula is C102H88. The first-order valence-electron chi connectivity index (χ1n) is 35.9. The lowest BCUT2D eigenvalue weighted by Crippen LogP contribution is -1.87. The van der Waals surface area contributed by atoms with Crippen molar-refractivity contribution in [2.24, 2.45) is 0 Å². The molecule has 19 aromatic carbocycles. The van der Waals surface area contributed by atoms with Gasteiger partial charge >= 0.3 is 0 Å². The molecule has 0 aliphatic heterocycles. The summed E-state index contributed by atoms with van der Waals surface area (Å²) >= 11 is 0. The Morgan fingerprint density at radius 3 is 0.784 bits per heavy atom. The van der Waals surface area contributed by atoms with Crippen LogP contribution in [-0.2, 0) is 0 Å². The fraction of sp³-hybridized carbons (Fsp3) is 0.118. The van der Waals surface area contributed by atoms with Gasteiger partial charge in [-0.25, -0.2) is 0 Å². The standard InChI is InChI=1S/C22H18.5C16H14/c1-15-11-13-21(19-9-5-3-7-17(15)19)22-14-12-16(2)18-8-4-6-10-20(18)22;1-11-3-7-15-13(9-11)5-6-14-10-12(2)4-8-16(14)15;1-11-3-5-13-10-16-8-12(2)4-6-14(16)9-15(13)7-11;1-11-13-7-3-5-9-15(13)12(2)16-10-6-4-8-14(11)16;1-11-7-8-12(2)16-10-14-6-4-3-5-13(14)9-15(11)16;1-11-7-8-15-13(9-11)10-12(2)14-5-3-4-6-16(14)15/h3-14H,1-2H3;5*3-10H,1-2H3. The molecule has 0 unspecified atom stereocenters.